The monoisotopic (exact) mass is 287 g/mol. The van der Waals surface area contributed by atoms with Gasteiger partial charge in [-0.2, -0.15) is 5.10 Å². The average Bonchev–Trinajstić information content (AvgIpc) is 2.60. The summed E-state index contributed by atoms with van der Waals surface area (Å²) in [5.74, 6) is 5.78. The van der Waals surface area contributed by atoms with Crippen molar-refractivity contribution in [1.29, 1.82) is 0 Å². The summed E-state index contributed by atoms with van der Waals surface area (Å²) in [5, 5.41) is 5.04. The van der Waals surface area contributed by atoms with Crippen molar-refractivity contribution in [2.24, 2.45) is 12.9 Å². The van der Waals surface area contributed by atoms with Crippen LogP contribution < -0.4 is 11.3 Å². The lowest BCUT2D eigenvalue weighted by Gasteiger charge is -2.42. The van der Waals surface area contributed by atoms with Crippen molar-refractivity contribution >= 4 is 11.6 Å². The van der Waals surface area contributed by atoms with Crippen LogP contribution in [0.5, 0.6) is 0 Å². The summed E-state index contributed by atoms with van der Waals surface area (Å²) in [6, 6.07) is 0.105. The highest BCUT2D eigenvalue weighted by Crippen LogP contribution is 2.27. The van der Waals surface area contributed by atoms with Gasteiger partial charge in [0.15, 0.2) is 0 Å². The quantitative estimate of drug-likeness (QED) is 0.615. The number of hydrogen-bond donors (Lipinski definition) is 2. The number of hydrazine groups is 1. The molecule has 0 aliphatic heterocycles. The van der Waals surface area contributed by atoms with Gasteiger partial charge in [0.2, 0.25) is 0 Å². The van der Waals surface area contributed by atoms with Crippen LogP contribution in [0.25, 0.3) is 0 Å². The number of aromatic nitrogens is 2. The third kappa shape index (κ3) is 3.11. The molecular formula is C13H26ClN5. The Kier molecular flexibility index (Phi) is 5.38. The topological polar surface area (TPSA) is 59.1 Å². The van der Waals surface area contributed by atoms with E-state index < -0.39 is 0 Å². The molecule has 5 nitrogen and oxygen atoms in total. The summed E-state index contributed by atoms with van der Waals surface area (Å²) in [6.45, 7) is 6.35. The molecule has 1 aromatic heterocycles. The smallest absolute Gasteiger partial charge is 0.130 e. The fourth-order valence-corrected chi connectivity index (χ4v) is 2.69. The van der Waals surface area contributed by atoms with Gasteiger partial charge in [-0.3, -0.25) is 16.0 Å². The van der Waals surface area contributed by atoms with E-state index in [1.807, 2.05) is 14.0 Å². The van der Waals surface area contributed by atoms with Crippen LogP contribution in [0, 0.1) is 6.92 Å². The lowest BCUT2D eigenvalue weighted by molar-refractivity contribution is 0.112. The molecule has 0 radical (unpaired) electrons. The summed E-state index contributed by atoms with van der Waals surface area (Å²) in [5.41, 5.74) is 4.93. The highest BCUT2D eigenvalue weighted by atomic mass is 35.5. The maximum Gasteiger partial charge on any atom is 0.130 e. The van der Waals surface area contributed by atoms with Gasteiger partial charge in [-0.05, 0) is 40.8 Å². The second-order valence-electron chi connectivity index (χ2n) is 5.51. The largest absolute Gasteiger partial charge is 0.302 e. The average molecular weight is 288 g/mol. The lowest BCUT2D eigenvalue weighted by Crippen LogP contribution is -2.59. The van der Waals surface area contributed by atoms with Crippen molar-refractivity contribution in [2.75, 3.05) is 14.1 Å². The lowest BCUT2D eigenvalue weighted by atomic mass is 9.84. The molecule has 0 amide bonds. The SMILES string of the molecule is CCC(C)(C(Cc1c(C)nn(C)c1Cl)NN)N(C)C. The molecule has 0 bridgehead atoms. The third-order valence-electron chi connectivity index (χ3n) is 4.37. The molecule has 3 N–H and O–H groups in total. The van der Waals surface area contributed by atoms with Crippen LogP contribution in [-0.2, 0) is 13.5 Å². The van der Waals surface area contributed by atoms with E-state index in [4.69, 9.17) is 17.4 Å². The van der Waals surface area contributed by atoms with Crippen molar-refractivity contribution < 1.29 is 0 Å². The van der Waals surface area contributed by atoms with Crippen LogP contribution in [-0.4, -0.2) is 40.4 Å². The second kappa shape index (κ2) is 6.22. The molecule has 2 atom stereocenters. The number of nitrogens with zero attached hydrogens (tertiary/aromatic N) is 3. The molecule has 1 rings (SSSR count). The Morgan fingerprint density at radius 1 is 1.53 bits per heavy atom. The van der Waals surface area contributed by atoms with Crippen molar-refractivity contribution in [3.8, 4) is 0 Å². The van der Waals surface area contributed by atoms with Gasteiger partial charge in [-0.1, -0.05) is 18.5 Å². The minimum Gasteiger partial charge on any atom is -0.302 e. The molecule has 2 unspecified atom stereocenters. The van der Waals surface area contributed by atoms with Crippen LogP contribution in [0.1, 0.15) is 31.5 Å². The number of nitrogens with two attached hydrogens (primary N) is 1. The molecule has 0 aliphatic carbocycles. The van der Waals surface area contributed by atoms with E-state index in [1.54, 1.807) is 4.68 Å². The van der Waals surface area contributed by atoms with Gasteiger partial charge >= 0.3 is 0 Å². The number of halogens is 1. The number of nitrogens with one attached hydrogen (secondary N) is 1. The molecular weight excluding hydrogens is 262 g/mol. The first-order chi connectivity index (χ1) is 8.77. The first-order valence-corrected chi connectivity index (χ1v) is 6.97. The number of likely N-dealkylation sites (N-methyl/N-ethyl adjacent to an activating group) is 1. The molecule has 0 spiro atoms. The van der Waals surface area contributed by atoms with Gasteiger partial charge in [-0.15, -0.1) is 0 Å². The first kappa shape index (κ1) is 16.4. The number of rotatable bonds is 6. The van der Waals surface area contributed by atoms with E-state index in [0.717, 1.165) is 24.1 Å². The Morgan fingerprint density at radius 2 is 2.11 bits per heavy atom. The minimum absolute atomic E-state index is 0.0413. The molecule has 1 aromatic rings. The van der Waals surface area contributed by atoms with Gasteiger partial charge in [0, 0.05) is 24.2 Å². The summed E-state index contributed by atoms with van der Waals surface area (Å²) in [4.78, 5) is 2.21. The van der Waals surface area contributed by atoms with E-state index in [9.17, 15) is 0 Å². The third-order valence-corrected chi connectivity index (χ3v) is 4.84. The van der Waals surface area contributed by atoms with E-state index in [2.05, 4.69) is 43.4 Å². The zero-order valence-corrected chi connectivity index (χ0v) is 13.5. The molecule has 0 saturated heterocycles. The van der Waals surface area contributed by atoms with Crippen LogP contribution in [0.15, 0.2) is 0 Å². The minimum atomic E-state index is -0.0413. The Morgan fingerprint density at radius 3 is 2.42 bits per heavy atom. The van der Waals surface area contributed by atoms with Crippen molar-refractivity contribution in [2.45, 2.75) is 45.2 Å². The van der Waals surface area contributed by atoms with Gasteiger partial charge in [0.05, 0.1) is 5.69 Å². The number of aryl methyl sites for hydroxylation is 2. The molecule has 1 heterocycles. The highest BCUT2D eigenvalue weighted by molar-refractivity contribution is 6.30. The van der Waals surface area contributed by atoms with E-state index >= 15 is 0 Å². The fraction of sp³-hybridized carbons (Fsp3) is 0.769. The Bertz CT molecular complexity index is 429. The summed E-state index contributed by atoms with van der Waals surface area (Å²) < 4.78 is 1.71. The predicted octanol–water partition coefficient (Wildman–Crippen LogP) is 1.49. The summed E-state index contributed by atoms with van der Waals surface area (Å²) >= 11 is 6.31. The van der Waals surface area contributed by atoms with Gasteiger partial charge in [-0.25, -0.2) is 0 Å². The van der Waals surface area contributed by atoms with Gasteiger partial charge in [0.1, 0.15) is 5.15 Å². The number of hydrogen-bond acceptors (Lipinski definition) is 4. The van der Waals surface area contributed by atoms with E-state index in [-0.39, 0.29) is 11.6 Å². The Balaban J connectivity index is 3.06. The first-order valence-electron chi connectivity index (χ1n) is 6.59. The van der Waals surface area contributed by atoms with Crippen LogP contribution in [0.2, 0.25) is 5.15 Å². The van der Waals surface area contributed by atoms with Crippen LogP contribution in [0.3, 0.4) is 0 Å². The van der Waals surface area contributed by atoms with Crippen LogP contribution >= 0.6 is 11.6 Å². The van der Waals surface area contributed by atoms with Crippen molar-refractivity contribution in [3.63, 3.8) is 0 Å². The predicted molar refractivity (Wildman–Crippen MR) is 80.2 cm³/mol. The zero-order chi connectivity index (χ0) is 14.8. The maximum atomic E-state index is 6.31. The Labute approximate surface area is 121 Å². The van der Waals surface area contributed by atoms with Crippen molar-refractivity contribution in [1.82, 2.24) is 20.1 Å². The van der Waals surface area contributed by atoms with E-state index in [1.165, 1.54) is 0 Å². The molecule has 6 heteroatoms. The maximum absolute atomic E-state index is 6.31. The molecule has 0 aromatic carbocycles. The summed E-state index contributed by atoms with van der Waals surface area (Å²) in [7, 11) is 6.01. The molecule has 19 heavy (non-hydrogen) atoms. The fourth-order valence-electron chi connectivity index (χ4n) is 2.44. The highest BCUT2D eigenvalue weighted by Gasteiger charge is 2.35. The summed E-state index contributed by atoms with van der Waals surface area (Å²) in [6.07, 6.45) is 1.75. The van der Waals surface area contributed by atoms with Crippen LogP contribution in [0.4, 0.5) is 0 Å². The molecule has 0 saturated carbocycles. The molecule has 0 aliphatic rings. The van der Waals surface area contributed by atoms with Gasteiger partial charge < -0.3 is 4.90 Å². The Hall–Kier alpha value is -0.620. The van der Waals surface area contributed by atoms with E-state index in [0.29, 0.717) is 5.15 Å². The molecule has 110 valence electrons. The normalized spacial score (nSPS) is 16.7. The zero-order valence-electron chi connectivity index (χ0n) is 12.8. The second-order valence-corrected chi connectivity index (χ2v) is 5.86. The standard InChI is InChI=1S/C13H26ClN5/c1-7-13(3,18(4)5)11(16-15)8-10-9(2)17-19(6)12(10)14/h11,16H,7-8,15H2,1-6H3. The van der Waals surface area contributed by atoms with Crippen molar-refractivity contribution in [3.05, 3.63) is 16.4 Å². The van der Waals surface area contributed by atoms with Gasteiger partial charge in [0.25, 0.3) is 0 Å². The molecule has 0 fully saturated rings.